The van der Waals surface area contributed by atoms with Crippen molar-refractivity contribution < 1.29 is 9.59 Å². The number of rotatable bonds is 8. The maximum atomic E-state index is 12.7. The van der Waals surface area contributed by atoms with Crippen molar-refractivity contribution in [1.29, 1.82) is 0 Å². The highest BCUT2D eigenvalue weighted by atomic mass is 16.2. The summed E-state index contributed by atoms with van der Waals surface area (Å²) < 4.78 is 0. The Bertz CT molecular complexity index is 593. The highest BCUT2D eigenvalue weighted by Crippen LogP contribution is 2.27. The quantitative estimate of drug-likeness (QED) is 0.778. The minimum Gasteiger partial charge on any atom is -0.338 e. The number of carbonyl (C=O) groups excluding carboxylic acids is 2. The van der Waals surface area contributed by atoms with Gasteiger partial charge in [-0.3, -0.25) is 9.59 Å². The molecule has 1 saturated carbocycles. The molecule has 1 aromatic rings. The van der Waals surface area contributed by atoms with Crippen LogP contribution >= 0.6 is 0 Å². The van der Waals surface area contributed by atoms with Gasteiger partial charge >= 0.3 is 0 Å². The van der Waals surface area contributed by atoms with E-state index in [9.17, 15) is 9.59 Å². The number of benzene rings is 1. The summed E-state index contributed by atoms with van der Waals surface area (Å²) in [5.74, 6) is 1.10. The number of likely N-dealkylation sites (tertiary alicyclic amines) is 1. The van der Waals surface area contributed by atoms with Crippen LogP contribution in [0.4, 0.5) is 0 Å². The summed E-state index contributed by atoms with van der Waals surface area (Å²) in [6.07, 6.45) is 5.30. The first-order valence-corrected chi connectivity index (χ1v) is 10.0. The van der Waals surface area contributed by atoms with Crippen LogP contribution < -0.4 is 5.32 Å². The van der Waals surface area contributed by atoms with E-state index in [0.29, 0.717) is 6.54 Å². The van der Waals surface area contributed by atoms with Gasteiger partial charge in [-0.15, -0.1) is 0 Å². The third-order valence-corrected chi connectivity index (χ3v) is 5.40. The SMILES string of the molecule is CCCN(C(=O)CNCC1CC1)C1CCN(C(=O)c2ccccc2)CC1. The van der Waals surface area contributed by atoms with Crippen LogP contribution in [0.5, 0.6) is 0 Å². The summed E-state index contributed by atoms with van der Waals surface area (Å²) in [5, 5.41) is 3.32. The molecule has 1 N–H and O–H groups in total. The first-order chi connectivity index (χ1) is 12.7. The minimum atomic E-state index is 0.100. The fourth-order valence-corrected chi connectivity index (χ4v) is 3.70. The molecule has 1 saturated heterocycles. The van der Waals surface area contributed by atoms with Crippen molar-refractivity contribution in [2.24, 2.45) is 5.92 Å². The van der Waals surface area contributed by atoms with Gasteiger partial charge in [0, 0.05) is 31.2 Å². The molecule has 0 unspecified atom stereocenters. The zero-order chi connectivity index (χ0) is 18.4. The molecular formula is C21H31N3O2. The third-order valence-electron chi connectivity index (χ3n) is 5.40. The fourth-order valence-electron chi connectivity index (χ4n) is 3.70. The van der Waals surface area contributed by atoms with Crippen molar-refractivity contribution in [2.45, 2.75) is 45.1 Å². The van der Waals surface area contributed by atoms with E-state index in [2.05, 4.69) is 12.2 Å². The number of nitrogens with zero attached hydrogens (tertiary/aromatic N) is 2. The number of hydrogen-bond acceptors (Lipinski definition) is 3. The summed E-state index contributed by atoms with van der Waals surface area (Å²) in [5.41, 5.74) is 0.747. The molecule has 5 nitrogen and oxygen atoms in total. The van der Waals surface area contributed by atoms with Crippen LogP contribution in [0, 0.1) is 5.92 Å². The van der Waals surface area contributed by atoms with Crippen molar-refractivity contribution in [2.75, 3.05) is 32.7 Å². The highest BCUT2D eigenvalue weighted by Gasteiger charge is 2.29. The van der Waals surface area contributed by atoms with Gasteiger partial charge in [0.15, 0.2) is 0 Å². The van der Waals surface area contributed by atoms with Crippen LogP contribution in [-0.2, 0) is 4.79 Å². The number of carbonyl (C=O) groups is 2. The van der Waals surface area contributed by atoms with Crippen LogP contribution in [0.2, 0.25) is 0 Å². The Balaban J connectivity index is 1.50. The predicted octanol–water partition coefficient (Wildman–Crippen LogP) is 2.53. The average molecular weight is 357 g/mol. The molecule has 2 aliphatic rings. The van der Waals surface area contributed by atoms with Crippen molar-refractivity contribution in [3.63, 3.8) is 0 Å². The second kappa shape index (κ2) is 9.17. The molecular weight excluding hydrogens is 326 g/mol. The van der Waals surface area contributed by atoms with E-state index in [-0.39, 0.29) is 17.9 Å². The van der Waals surface area contributed by atoms with E-state index in [1.165, 1.54) is 12.8 Å². The molecule has 142 valence electrons. The van der Waals surface area contributed by atoms with Gasteiger partial charge in [0.2, 0.25) is 5.91 Å². The molecule has 0 atom stereocenters. The smallest absolute Gasteiger partial charge is 0.253 e. The Morgan fingerprint density at radius 1 is 1.12 bits per heavy atom. The van der Waals surface area contributed by atoms with E-state index in [1.807, 2.05) is 40.1 Å². The standard InChI is InChI=1S/C21H31N3O2/c1-2-12-24(20(25)16-22-15-17-8-9-17)19-10-13-23(14-11-19)21(26)18-6-4-3-5-7-18/h3-7,17,19,22H,2,8-16H2,1H3. The minimum absolute atomic E-state index is 0.100. The third kappa shape index (κ3) is 5.07. The molecule has 1 aliphatic carbocycles. The van der Waals surface area contributed by atoms with E-state index in [1.54, 1.807) is 0 Å². The van der Waals surface area contributed by atoms with Crippen LogP contribution in [0.3, 0.4) is 0 Å². The number of piperidine rings is 1. The molecule has 0 spiro atoms. The molecule has 2 fully saturated rings. The van der Waals surface area contributed by atoms with Gasteiger partial charge in [-0.25, -0.2) is 0 Å². The molecule has 0 bridgehead atoms. The fraction of sp³-hybridized carbons (Fsp3) is 0.619. The zero-order valence-electron chi connectivity index (χ0n) is 15.8. The topological polar surface area (TPSA) is 52.7 Å². The van der Waals surface area contributed by atoms with Crippen LogP contribution in [-0.4, -0.2) is 60.4 Å². The van der Waals surface area contributed by atoms with Crippen molar-refractivity contribution in [3.05, 3.63) is 35.9 Å². The molecule has 26 heavy (non-hydrogen) atoms. The predicted molar refractivity (Wildman–Crippen MR) is 103 cm³/mol. The lowest BCUT2D eigenvalue weighted by Gasteiger charge is -2.38. The van der Waals surface area contributed by atoms with E-state index >= 15 is 0 Å². The van der Waals surface area contributed by atoms with Gasteiger partial charge in [0.05, 0.1) is 6.54 Å². The lowest BCUT2D eigenvalue weighted by atomic mass is 10.0. The second-order valence-corrected chi connectivity index (χ2v) is 7.55. The number of hydrogen-bond donors (Lipinski definition) is 1. The van der Waals surface area contributed by atoms with Crippen LogP contribution in [0.15, 0.2) is 30.3 Å². The molecule has 2 amide bonds. The molecule has 0 radical (unpaired) electrons. The van der Waals surface area contributed by atoms with E-state index in [4.69, 9.17) is 0 Å². The van der Waals surface area contributed by atoms with Gasteiger partial charge < -0.3 is 15.1 Å². The Morgan fingerprint density at radius 3 is 2.42 bits per heavy atom. The first kappa shape index (κ1) is 18.9. The maximum Gasteiger partial charge on any atom is 0.253 e. The van der Waals surface area contributed by atoms with Crippen molar-refractivity contribution >= 4 is 11.8 Å². The van der Waals surface area contributed by atoms with Gasteiger partial charge in [-0.05, 0) is 56.7 Å². The molecule has 1 aromatic carbocycles. The van der Waals surface area contributed by atoms with Crippen molar-refractivity contribution in [1.82, 2.24) is 15.1 Å². The van der Waals surface area contributed by atoms with Crippen molar-refractivity contribution in [3.8, 4) is 0 Å². The average Bonchev–Trinajstić information content (AvgIpc) is 3.51. The summed E-state index contributed by atoms with van der Waals surface area (Å²) >= 11 is 0. The van der Waals surface area contributed by atoms with E-state index in [0.717, 1.165) is 56.9 Å². The molecule has 3 rings (SSSR count). The largest absolute Gasteiger partial charge is 0.338 e. The van der Waals surface area contributed by atoms with Gasteiger partial charge in [0.1, 0.15) is 0 Å². The molecule has 1 heterocycles. The summed E-state index contributed by atoms with van der Waals surface area (Å²) in [7, 11) is 0. The Kier molecular flexibility index (Phi) is 6.67. The van der Waals surface area contributed by atoms with Crippen LogP contribution in [0.25, 0.3) is 0 Å². The van der Waals surface area contributed by atoms with Gasteiger partial charge in [0.25, 0.3) is 5.91 Å². The second-order valence-electron chi connectivity index (χ2n) is 7.55. The molecule has 5 heteroatoms. The molecule has 0 aromatic heterocycles. The number of nitrogens with one attached hydrogen (secondary N) is 1. The van der Waals surface area contributed by atoms with Gasteiger partial charge in [-0.2, -0.15) is 0 Å². The molecule has 1 aliphatic heterocycles. The lowest BCUT2D eigenvalue weighted by molar-refractivity contribution is -0.133. The van der Waals surface area contributed by atoms with E-state index < -0.39 is 0 Å². The Labute approximate surface area is 156 Å². The normalized spacial score (nSPS) is 18.0. The Morgan fingerprint density at radius 2 is 1.81 bits per heavy atom. The van der Waals surface area contributed by atoms with Gasteiger partial charge in [-0.1, -0.05) is 25.1 Å². The zero-order valence-corrected chi connectivity index (χ0v) is 15.8. The maximum absolute atomic E-state index is 12.7. The lowest BCUT2D eigenvalue weighted by Crippen LogP contribution is -2.51. The number of amides is 2. The monoisotopic (exact) mass is 357 g/mol. The summed E-state index contributed by atoms with van der Waals surface area (Å²) in [6.45, 7) is 5.78. The first-order valence-electron chi connectivity index (χ1n) is 10.0. The highest BCUT2D eigenvalue weighted by molar-refractivity contribution is 5.94. The summed E-state index contributed by atoms with van der Waals surface area (Å²) in [6, 6.07) is 9.71. The van der Waals surface area contributed by atoms with Crippen LogP contribution in [0.1, 0.15) is 49.4 Å². The summed E-state index contributed by atoms with van der Waals surface area (Å²) in [4.78, 5) is 29.2. The Hall–Kier alpha value is -1.88.